The van der Waals surface area contributed by atoms with Gasteiger partial charge >= 0.3 is 0 Å². The van der Waals surface area contributed by atoms with Crippen LogP contribution < -0.4 is 10.3 Å². The number of fused-ring (bicyclic) bond motifs is 1. The van der Waals surface area contributed by atoms with Gasteiger partial charge in [-0.15, -0.1) is 0 Å². The zero-order valence-electron chi connectivity index (χ0n) is 24.6. The summed E-state index contributed by atoms with van der Waals surface area (Å²) in [4.78, 5) is 29.3. The Labute approximate surface area is 263 Å². The molecular formula is C34H32BrN5O4. The van der Waals surface area contributed by atoms with E-state index in [2.05, 4.69) is 26.6 Å². The summed E-state index contributed by atoms with van der Waals surface area (Å²) in [5.74, 6) is 1.59. The molecule has 0 spiro atoms. The molecule has 10 heteroatoms. The number of benzene rings is 3. The minimum absolute atomic E-state index is 0.0411. The summed E-state index contributed by atoms with van der Waals surface area (Å²) >= 11 is 3.49. The Hall–Kier alpha value is -4.57. The number of non-ortho nitro benzene ring substituents is 1. The van der Waals surface area contributed by atoms with E-state index in [0.717, 1.165) is 64.2 Å². The maximum Gasteiger partial charge on any atom is 0.282 e. The molecule has 0 N–H and O–H groups in total. The van der Waals surface area contributed by atoms with Gasteiger partial charge in [-0.05, 0) is 80.8 Å². The average Bonchev–Trinajstić information content (AvgIpc) is 3.32. The lowest BCUT2D eigenvalue weighted by Crippen LogP contribution is -2.25. The molecule has 2 aromatic heterocycles. The van der Waals surface area contributed by atoms with Gasteiger partial charge in [-0.3, -0.25) is 14.9 Å². The molecule has 0 aliphatic heterocycles. The third-order valence-electron chi connectivity index (χ3n) is 8.21. The number of aromatic nitrogens is 3. The standard InChI is InChI=1S/C34H32BrN5O4/c1-22-17-26(20-36-39-33(25-8-4-3-5-9-25)37-32-16-11-27(35)19-31(32)34(39)41)23(2)38(22)28-12-14-30(15-13-28)44-21-24-7-6-10-29(18-24)40(42)43/h6-7,10-20,25H,3-5,8-9,21H2,1-2H3. The molecule has 0 amide bonds. The average molecular weight is 655 g/mol. The predicted molar refractivity (Wildman–Crippen MR) is 175 cm³/mol. The van der Waals surface area contributed by atoms with E-state index < -0.39 is 4.92 Å². The van der Waals surface area contributed by atoms with Crippen molar-refractivity contribution in [2.75, 3.05) is 0 Å². The van der Waals surface area contributed by atoms with Crippen molar-refractivity contribution in [3.63, 3.8) is 0 Å². The third kappa shape index (κ3) is 6.07. The number of aryl methyl sites for hydroxylation is 1. The molecule has 0 atom stereocenters. The Bertz CT molecular complexity index is 1940. The number of ether oxygens (including phenoxy) is 1. The van der Waals surface area contributed by atoms with Crippen molar-refractivity contribution in [1.82, 2.24) is 14.2 Å². The molecular weight excluding hydrogens is 622 g/mol. The fourth-order valence-corrected chi connectivity index (χ4v) is 6.32. The van der Waals surface area contributed by atoms with Crippen LogP contribution in [0, 0.1) is 24.0 Å². The van der Waals surface area contributed by atoms with Gasteiger partial charge in [0, 0.05) is 45.2 Å². The molecule has 1 aliphatic carbocycles. The molecule has 0 saturated heterocycles. The first-order valence-corrected chi connectivity index (χ1v) is 15.5. The van der Waals surface area contributed by atoms with Crippen molar-refractivity contribution in [2.24, 2.45) is 5.10 Å². The van der Waals surface area contributed by atoms with Crippen molar-refractivity contribution in [3.05, 3.63) is 126 Å². The third-order valence-corrected chi connectivity index (χ3v) is 8.70. The highest BCUT2D eigenvalue weighted by Crippen LogP contribution is 2.32. The van der Waals surface area contributed by atoms with Crippen LogP contribution in [-0.2, 0) is 6.61 Å². The molecule has 0 radical (unpaired) electrons. The van der Waals surface area contributed by atoms with Crippen LogP contribution in [0.5, 0.6) is 5.75 Å². The quantitative estimate of drug-likeness (QED) is 0.0959. The molecule has 1 saturated carbocycles. The minimum Gasteiger partial charge on any atom is -0.489 e. The SMILES string of the molecule is Cc1cc(C=Nn2c(C3CCCCC3)nc3ccc(Br)cc3c2=O)c(C)n1-c1ccc(OCc2cccc([N+](=O)[O-])c2)cc1. The zero-order valence-corrected chi connectivity index (χ0v) is 26.2. The maximum atomic E-state index is 13.7. The summed E-state index contributed by atoms with van der Waals surface area (Å²) in [6.07, 6.45) is 7.23. The van der Waals surface area contributed by atoms with Gasteiger partial charge in [-0.2, -0.15) is 9.78 Å². The van der Waals surface area contributed by atoms with E-state index in [4.69, 9.17) is 14.8 Å². The van der Waals surface area contributed by atoms with Gasteiger partial charge in [0.2, 0.25) is 0 Å². The molecule has 6 rings (SSSR count). The molecule has 0 bridgehead atoms. The van der Waals surface area contributed by atoms with E-state index in [9.17, 15) is 14.9 Å². The highest BCUT2D eigenvalue weighted by molar-refractivity contribution is 9.10. The Kier molecular flexibility index (Phi) is 8.43. The lowest BCUT2D eigenvalue weighted by molar-refractivity contribution is -0.384. The van der Waals surface area contributed by atoms with Gasteiger partial charge in [0.05, 0.1) is 22.0 Å². The topological polar surface area (TPSA) is 105 Å². The summed E-state index contributed by atoms with van der Waals surface area (Å²) < 4.78 is 10.4. The number of nitro benzene ring substituents is 1. The fraction of sp³-hybridized carbons (Fsp3) is 0.265. The van der Waals surface area contributed by atoms with Crippen LogP contribution in [0.2, 0.25) is 0 Å². The van der Waals surface area contributed by atoms with E-state index in [1.54, 1.807) is 18.3 Å². The number of nitro groups is 1. The summed E-state index contributed by atoms with van der Waals surface area (Å²) in [6, 6.07) is 21.8. The van der Waals surface area contributed by atoms with E-state index in [1.807, 2.05) is 56.3 Å². The van der Waals surface area contributed by atoms with Gasteiger partial charge in [0.1, 0.15) is 18.2 Å². The van der Waals surface area contributed by atoms with Crippen molar-refractivity contribution in [2.45, 2.75) is 58.5 Å². The molecule has 2 heterocycles. The second-order valence-electron chi connectivity index (χ2n) is 11.2. The van der Waals surface area contributed by atoms with Crippen LogP contribution in [0.3, 0.4) is 0 Å². The highest BCUT2D eigenvalue weighted by atomic mass is 79.9. The normalized spacial score (nSPS) is 14.0. The van der Waals surface area contributed by atoms with Gasteiger partial charge < -0.3 is 9.30 Å². The second-order valence-corrected chi connectivity index (χ2v) is 12.1. The van der Waals surface area contributed by atoms with E-state index in [1.165, 1.54) is 23.2 Å². The molecule has 9 nitrogen and oxygen atoms in total. The largest absolute Gasteiger partial charge is 0.489 e. The van der Waals surface area contributed by atoms with Gasteiger partial charge in [0.25, 0.3) is 11.2 Å². The first-order chi connectivity index (χ1) is 21.3. The molecule has 0 unspecified atom stereocenters. The first kappa shape index (κ1) is 29.5. The Balaban J connectivity index is 1.27. The van der Waals surface area contributed by atoms with Crippen molar-refractivity contribution in [1.29, 1.82) is 0 Å². The summed E-state index contributed by atoms with van der Waals surface area (Å²) in [7, 11) is 0. The second kappa shape index (κ2) is 12.6. The molecule has 44 heavy (non-hydrogen) atoms. The molecule has 3 aromatic carbocycles. The van der Waals surface area contributed by atoms with Gasteiger partial charge in [-0.25, -0.2) is 4.98 Å². The minimum atomic E-state index is -0.412. The number of halogens is 1. The van der Waals surface area contributed by atoms with Crippen LogP contribution >= 0.6 is 15.9 Å². The monoisotopic (exact) mass is 653 g/mol. The fourth-order valence-electron chi connectivity index (χ4n) is 5.96. The Morgan fingerprint density at radius 3 is 2.57 bits per heavy atom. The number of rotatable bonds is 8. The van der Waals surface area contributed by atoms with Crippen LogP contribution in [0.15, 0.2) is 87.2 Å². The molecule has 1 aliphatic rings. The first-order valence-electron chi connectivity index (χ1n) is 14.7. The summed E-state index contributed by atoms with van der Waals surface area (Å²) in [5.41, 5.74) is 5.17. The number of nitrogens with zero attached hydrogens (tertiary/aromatic N) is 5. The van der Waals surface area contributed by atoms with Crippen molar-refractivity contribution in [3.8, 4) is 11.4 Å². The van der Waals surface area contributed by atoms with E-state index in [-0.39, 0.29) is 23.8 Å². The van der Waals surface area contributed by atoms with E-state index >= 15 is 0 Å². The summed E-state index contributed by atoms with van der Waals surface area (Å²) in [6.45, 7) is 4.29. The number of hydrogen-bond donors (Lipinski definition) is 0. The Morgan fingerprint density at radius 2 is 1.82 bits per heavy atom. The highest BCUT2D eigenvalue weighted by Gasteiger charge is 2.23. The predicted octanol–water partition coefficient (Wildman–Crippen LogP) is 7.98. The lowest BCUT2D eigenvalue weighted by atomic mass is 9.88. The zero-order chi connectivity index (χ0) is 30.8. The van der Waals surface area contributed by atoms with Crippen LogP contribution in [-0.4, -0.2) is 25.4 Å². The van der Waals surface area contributed by atoms with Gasteiger partial charge in [-0.1, -0.05) is 47.3 Å². The van der Waals surface area contributed by atoms with Crippen LogP contribution in [0.4, 0.5) is 5.69 Å². The maximum absolute atomic E-state index is 13.7. The number of hydrogen-bond acceptors (Lipinski definition) is 6. The van der Waals surface area contributed by atoms with Crippen molar-refractivity contribution < 1.29 is 9.66 Å². The molecule has 224 valence electrons. The molecule has 1 fully saturated rings. The van der Waals surface area contributed by atoms with Crippen molar-refractivity contribution >= 4 is 38.7 Å². The van der Waals surface area contributed by atoms with Crippen LogP contribution in [0.25, 0.3) is 16.6 Å². The van der Waals surface area contributed by atoms with E-state index in [0.29, 0.717) is 16.7 Å². The Morgan fingerprint density at radius 1 is 1.05 bits per heavy atom. The van der Waals surface area contributed by atoms with Gasteiger partial charge in [0.15, 0.2) is 0 Å². The summed E-state index contributed by atoms with van der Waals surface area (Å²) in [5, 5.41) is 16.3. The molecule has 5 aromatic rings. The smallest absolute Gasteiger partial charge is 0.282 e. The van der Waals surface area contributed by atoms with Crippen LogP contribution in [0.1, 0.15) is 66.4 Å². The lowest BCUT2D eigenvalue weighted by Gasteiger charge is -2.22.